The first-order valence-corrected chi connectivity index (χ1v) is 8.16. The molecule has 5 nitrogen and oxygen atoms in total. The summed E-state index contributed by atoms with van der Waals surface area (Å²) in [4.78, 5) is 17.1. The number of fused-ring (bicyclic) bond motifs is 1. The number of anilines is 2. The highest BCUT2D eigenvalue weighted by Crippen LogP contribution is 2.34. The van der Waals surface area contributed by atoms with E-state index in [0.29, 0.717) is 6.42 Å². The monoisotopic (exact) mass is 312 g/mol. The van der Waals surface area contributed by atoms with Gasteiger partial charge in [0.05, 0.1) is 17.6 Å². The lowest BCUT2D eigenvalue weighted by molar-refractivity contribution is -0.119. The Bertz CT molecular complexity index is 694. The second kappa shape index (κ2) is 6.44. The van der Waals surface area contributed by atoms with Gasteiger partial charge in [0.15, 0.2) is 0 Å². The van der Waals surface area contributed by atoms with Crippen LogP contribution in [0.5, 0.6) is 0 Å². The van der Waals surface area contributed by atoms with Gasteiger partial charge in [-0.15, -0.1) is 0 Å². The van der Waals surface area contributed by atoms with Crippen LogP contribution in [0.3, 0.4) is 0 Å². The molecule has 0 N–H and O–H groups in total. The molecule has 1 aromatic carbocycles. The molecule has 1 atom stereocenters. The fourth-order valence-corrected chi connectivity index (χ4v) is 3.21. The van der Waals surface area contributed by atoms with Crippen LogP contribution in [0.2, 0.25) is 0 Å². The van der Waals surface area contributed by atoms with E-state index in [0.717, 1.165) is 36.3 Å². The Kier molecular flexibility index (Phi) is 4.37. The minimum Gasteiger partial charge on any atom is -0.373 e. The topological polar surface area (TPSA) is 41.4 Å². The standard InChI is InChI=1S/C18H24N4O/c1-14-10-11-20(2)16-6-4-5-7-17(16)22(14)18(23)9-8-15-12-19-21(3)13-15/h4-7,12-14H,8-11H2,1-3H3. The lowest BCUT2D eigenvalue weighted by Gasteiger charge is -2.28. The van der Waals surface area contributed by atoms with Gasteiger partial charge in [0.25, 0.3) is 0 Å². The molecule has 23 heavy (non-hydrogen) atoms. The van der Waals surface area contributed by atoms with E-state index in [1.54, 1.807) is 4.68 Å². The van der Waals surface area contributed by atoms with Gasteiger partial charge in [0, 0.05) is 39.3 Å². The molecule has 0 bridgehead atoms. The van der Waals surface area contributed by atoms with Crippen molar-refractivity contribution in [3.05, 3.63) is 42.2 Å². The zero-order valence-corrected chi connectivity index (χ0v) is 14.1. The van der Waals surface area contributed by atoms with Crippen molar-refractivity contribution in [2.24, 2.45) is 7.05 Å². The second-order valence-corrected chi connectivity index (χ2v) is 6.33. The zero-order valence-electron chi connectivity index (χ0n) is 14.1. The van der Waals surface area contributed by atoms with E-state index < -0.39 is 0 Å². The van der Waals surface area contributed by atoms with Gasteiger partial charge in [-0.3, -0.25) is 9.48 Å². The molecule has 2 aromatic rings. The van der Waals surface area contributed by atoms with E-state index in [9.17, 15) is 4.79 Å². The van der Waals surface area contributed by atoms with Gasteiger partial charge in [-0.2, -0.15) is 5.10 Å². The Hall–Kier alpha value is -2.30. The summed E-state index contributed by atoms with van der Waals surface area (Å²) in [6, 6.07) is 8.39. The lowest BCUT2D eigenvalue weighted by Crippen LogP contribution is -2.38. The molecule has 0 fully saturated rings. The molecule has 1 amide bonds. The third-order valence-corrected chi connectivity index (χ3v) is 4.53. The van der Waals surface area contributed by atoms with E-state index in [4.69, 9.17) is 0 Å². The average molecular weight is 312 g/mol. The molecular weight excluding hydrogens is 288 g/mol. The Morgan fingerprint density at radius 3 is 2.70 bits per heavy atom. The fraction of sp³-hybridized carbons (Fsp3) is 0.444. The fourth-order valence-electron chi connectivity index (χ4n) is 3.21. The minimum atomic E-state index is 0.184. The Morgan fingerprint density at radius 1 is 1.26 bits per heavy atom. The molecule has 0 saturated heterocycles. The number of para-hydroxylation sites is 2. The van der Waals surface area contributed by atoms with Gasteiger partial charge in [-0.25, -0.2) is 0 Å². The summed E-state index contributed by atoms with van der Waals surface area (Å²) in [6.45, 7) is 3.10. The molecule has 0 aliphatic carbocycles. The number of hydrogen-bond acceptors (Lipinski definition) is 3. The molecule has 122 valence electrons. The van der Waals surface area contributed by atoms with Crippen LogP contribution in [0.4, 0.5) is 11.4 Å². The number of amides is 1. The first-order valence-electron chi connectivity index (χ1n) is 8.16. The predicted octanol–water partition coefficient (Wildman–Crippen LogP) is 2.61. The first kappa shape index (κ1) is 15.6. The predicted molar refractivity (Wildman–Crippen MR) is 92.8 cm³/mol. The van der Waals surface area contributed by atoms with Gasteiger partial charge in [0.1, 0.15) is 0 Å². The third kappa shape index (κ3) is 3.23. The maximum atomic E-state index is 12.9. The number of aryl methyl sites for hydroxylation is 2. The second-order valence-electron chi connectivity index (χ2n) is 6.33. The van der Waals surface area contributed by atoms with Crippen molar-refractivity contribution in [3.8, 4) is 0 Å². The highest BCUT2D eigenvalue weighted by Gasteiger charge is 2.27. The van der Waals surface area contributed by atoms with Crippen LogP contribution < -0.4 is 9.80 Å². The van der Waals surface area contributed by atoms with Crippen LogP contribution in [-0.2, 0) is 18.3 Å². The van der Waals surface area contributed by atoms with Crippen LogP contribution in [0, 0.1) is 0 Å². The van der Waals surface area contributed by atoms with E-state index in [-0.39, 0.29) is 11.9 Å². The van der Waals surface area contributed by atoms with Crippen molar-refractivity contribution in [2.45, 2.75) is 32.2 Å². The van der Waals surface area contributed by atoms with Crippen molar-refractivity contribution < 1.29 is 4.79 Å². The number of nitrogens with zero attached hydrogens (tertiary/aromatic N) is 4. The summed E-state index contributed by atoms with van der Waals surface area (Å²) >= 11 is 0. The molecule has 0 radical (unpaired) electrons. The van der Waals surface area contributed by atoms with E-state index in [1.807, 2.05) is 36.5 Å². The van der Waals surface area contributed by atoms with Crippen LogP contribution in [0.25, 0.3) is 0 Å². The maximum Gasteiger partial charge on any atom is 0.227 e. The summed E-state index contributed by atoms with van der Waals surface area (Å²) in [6.07, 6.45) is 6.02. The molecule has 1 aliphatic heterocycles. The molecule has 1 aliphatic rings. The molecule has 5 heteroatoms. The smallest absolute Gasteiger partial charge is 0.227 e. The molecule has 1 unspecified atom stereocenters. The highest BCUT2D eigenvalue weighted by molar-refractivity contribution is 5.97. The number of benzene rings is 1. The summed E-state index contributed by atoms with van der Waals surface area (Å²) in [7, 11) is 3.99. The Morgan fingerprint density at radius 2 is 2.00 bits per heavy atom. The Labute approximate surface area is 137 Å². The number of hydrogen-bond donors (Lipinski definition) is 0. The van der Waals surface area contributed by atoms with Crippen molar-refractivity contribution in [1.82, 2.24) is 9.78 Å². The minimum absolute atomic E-state index is 0.184. The zero-order chi connectivity index (χ0) is 16.4. The summed E-state index contributed by atoms with van der Waals surface area (Å²) in [5.74, 6) is 0.184. The van der Waals surface area contributed by atoms with Gasteiger partial charge in [-0.05, 0) is 37.5 Å². The summed E-state index contributed by atoms with van der Waals surface area (Å²) in [5, 5.41) is 4.17. The first-order chi connectivity index (χ1) is 11.1. The van der Waals surface area contributed by atoms with Gasteiger partial charge < -0.3 is 9.80 Å². The van der Waals surface area contributed by atoms with Gasteiger partial charge in [-0.1, -0.05) is 12.1 Å². The molecule has 1 aromatic heterocycles. The summed E-state index contributed by atoms with van der Waals surface area (Å²) < 4.78 is 1.78. The van der Waals surface area contributed by atoms with Crippen LogP contribution in [0.15, 0.2) is 36.7 Å². The number of rotatable bonds is 3. The normalized spacial score (nSPS) is 17.8. The van der Waals surface area contributed by atoms with Crippen molar-refractivity contribution in [3.63, 3.8) is 0 Å². The van der Waals surface area contributed by atoms with Gasteiger partial charge in [0.2, 0.25) is 5.91 Å². The van der Waals surface area contributed by atoms with Crippen molar-refractivity contribution >= 4 is 17.3 Å². The van der Waals surface area contributed by atoms with Crippen molar-refractivity contribution in [2.75, 3.05) is 23.4 Å². The quantitative estimate of drug-likeness (QED) is 0.875. The highest BCUT2D eigenvalue weighted by atomic mass is 16.2. The molecule has 0 spiro atoms. The summed E-state index contributed by atoms with van der Waals surface area (Å²) in [5.41, 5.74) is 3.26. The molecule has 3 rings (SSSR count). The van der Waals surface area contributed by atoms with Gasteiger partial charge >= 0.3 is 0 Å². The number of aromatic nitrogens is 2. The van der Waals surface area contributed by atoms with Crippen molar-refractivity contribution in [1.29, 1.82) is 0 Å². The largest absolute Gasteiger partial charge is 0.373 e. The SMILES string of the molecule is CC1CCN(C)c2ccccc2N1C(=O)CCc1cnn(C)c1. The van der Waals surface area contributed by atoms with E-state index in [2.05, 4.69) is 36.1 Å². The van der Waals surface area contributed by atoms with Crippen LogP contribution in [0.1, 0.15) is 25.3 Å². The Balaban J connectivity index is 1.81. The van der Waals surface area contributed by atoms with E-state index >= 15 is 0 Å². The molecule has 0 saturated carbocycles. The number of carbonyl (C=O) groups is 1. The average Bonchev–Trinajstić information content (AvgIpc) is 2.91. The van der Waals surface area contributed by atoms with Crippen LogP contribution >= 0.6 is 0 Å². The van der Waals surface area contributed by atoms with E-state index in [1.165, 1.54) is 0 Å². The maximum absolute atomic E-state index is 12.9. The third-order valence-electron chi connectivity index (χ3n) is 4.53. The molecular formula is C18H24N4O. The number of carbonyl (C=O) groups excluding carboxylic acids is 1. The van der Waals surface area contributed by atoms with Crippen LogP contribution in [-0.4, -0.2) is 35.3 Å². The molecule has 2 heterocycles. The lowest BCUT2D eigenvalue weighted by atomic mass is 10.1.